The first-order valence-electron chi connectivity index (χ1n) is 9.11. The Bertz CT molecular complexity index is 774. The minimum atomic E-state index is -0.263. The van der Waals surface area contributed by atoms with Crippen LogP contribution in [0, 0.1) is 6.92 Å². The number of nitrogens with zero attached hydrogens (tertiary/aromatic N) is 4. The fraction of sp³-hybridized carbons (Fsp3) is 0.556. The van der Waals surface area contributed by atoms with Gasteiger partial charge in [-0.2, -0.15) is 0 Å². The minimum Gasteiger partial charge on any atom is -0.484 e. The lowest BCUT2D eigenvalue weighted by Gasteiger charge is -2.32. The summed E-state index contributed by atoms with van der Waals surface area (Å²) in [5, 5.41) is 11.3. The van der Waals surface area contributed by atoms with Crippen LogP contribution in [0.4, 0.5) is 0 Å². The number of nitrogens with one attached hydrogen (secondary N) is 1. The van der Waals surface area contributed by atoms with Crippen molar-refractivity contribution in [3.63, 3.8) is 0 Å². The van der Waals surface area contributed by atoms with Crippen molar-refractivity contribution in [2.45, 2.75) is 51.3 Å². The van der Waals surface area contributed by atoms with Crippen LogP contribution in [-0.4, -0.2) is 51.0 Å². The predicted molar refractivity (Wildman–Crippen MR) is 93.0 cm³/mol. The number of ether oxygens (including phenoxy) is 2. The number of amides is 1. The van der Waals surface area contributed by atoms with E-state index in [-0.39, 0.29) is 18.1 Å². The van der Waals surface area contributed by atoms with Gasteiger partial charge in [-0.25, -0.2) is 0 Å². The van der Waals surface area contributed by atoms with E-state index >= 15 is 0 Å². The molecule has 0 bridgehead atoms. The van der Waals surface area contributed by atoms with Gasteiger partial charge in [0.15, 0.2) is 0 Å². The monoisotopic (exact) mass is 357 g/mol. The number of pyridine rings is 1. The van der Waals surface area contributed by atoms with Crippen LogP contribution >= 0.6 is 0 Å². The SMILES string of the molecule is Cc1ccc(O[C@H]2COCC[C@H]2NC(=O)c2nnc3n2CCCC3)cn1. The summed E-state index contributed by atoms with van der Waals surface area (Å²) in [4.78, 5) is 17.0. The van der Waals surface area contributed by atoms with Crippen LogP contribution in [0.25, 0.3) is 0 Å². The average Bonchev–Trinajstić information content (AvgIpc) is 3.09. The molecule has 8 nitrogen and oxygen atoms in total. The molecule has 138 valence electrons. The van der Waals surface area contributed by atoms with Gasteiger partial charge in [0.2, 0.25) is 5.82 Å². The summed E-state index contributed by atoms with van der Waals surface area (Å²) in [7, 11) is 0. The molecule has 0 aliphatic carbocycles. The summed E-state index contributed by atoms with van der Waals surface area (Å²) in [5.41, 5.74) is 0.929. The lowest BCUT2D eigenvalue weighted by atomic mass is 10.1. The van der Waals surface area contributed by atoms with Gasteiger partial charge in [0.05, 0.1) is 18.8 Å². The minimum absolute atomic E-state index is 0.144. The van der Waals surface area contributed by atoms with E-state index in [9.17, 15) is 4.79 Å². The third kappa shape index (κ3) is 3.55. The van der Waals surface area contributed by atoms with Gasteiger partial charge < -0.3 is 19.4 Å². The molecule has 2 aromatic heterocycles. The first-order chi connectivity index (χ1) is 12.7. The number of rotatable bonds is 4. The zero-order valence-electron chi connectivity index (χ0n) is 14.9. The summed E-state index contributed by atoms with van der Waals surface area (Å²) < 4.78 is 13.5. The Morgan fingerprint density at radius 2 is 2.27 bits per heavy atom. The molecule has 1 fully saturated rings. The highest BCUT2D eigenvalue weighted by Gasteiger charge is 2.31. The van der Waals surface area contributed by atoms with Crippen molar-refractivity contribution in [2.24, 2.45) is 0 Å². The molecule has 0 spiro atoms. The van der Waals surface area contributed by atoms with Gasteiger partial charge in [0.25, 0.3) is 5.91 Å². The smallest absolute Gasteiger partial charge is 0.289 e. The number of aromatic nitrogens is 4. The third-order valence-corrected chi connectivity index (χ3v) is 4.85. The van der Waals surface area contributed by atoms with E-state index in [4.69, 9.17) is 9.47 Å². The largest absolute Gasteiger partial charge is 0.484 e. The zero-order chi connectivity index (χ0) is 17.9. The molecule has 0 aromatic carbocycles. The Morgan fingerprint density at radius 1 is 1.35 bits per heavy atom. The second-order valence-electron chi connectivity index (χ2n) is 6.78. The van der Waals surface area contributed by atoms with Gasteiger partial charge in [-0.3, -0.25) is 9.78 Å². The number of aryl methyl sites for hydroxylation is 2. The van der Waals surface area contributed by atoms with E-state index < -0.39 is 0 Å². The van der Waals surface area contributed by atoms with Crippen LogP contribution < -0.4 is 10.1 Å². The van der Waals surface area contributed by atoms with Gasteiger partial charge in [0, 0.05) is 25.3 Å². The lowest BCUT2D eigenvalue weighted by Crippen LogP contribution is -2.51. The Kier molecular flexibility index (Phi) is 4.83. The summed E-state index contributed by atoms with van der Waals surface area (Å²) >= 11 is 0. The molecule has 2 aliphatic heterocycles. The fourth-order valence-corrected chi connectivity index (χ4v) is 3.40. The number of fused-ring (bicyclic) bond motifs is 1. The molecule has 2 atom stereocenters. The molecule has 0 saturated carbocycles. The summed E-state index contributed by atoms with van der Waals surface area (Å²) in [6.45, 7) is 3.75. The molecule has 2 aromatic rings. The second kappa shape index (κ2) is 7.41. The summed E-state index contributed by atoms with van der Waals surface area (Å²) in [5.74, 6) is 1.76. The van der Waals surface area contributed by atoms with Gasteiger partial charge >= 0.3 is 0 Å². The van der Waals surface area contributed by atoms with Crippen molar-refractivity contribution in [1.82, 2.24) is 25.1 Å². The van der Waals surface area contributed by atoms with Gasteiger partial charge in [-0.15, -0.1) is 10.2 Å². The molecule has 1 saturated heterocycles. The highest BCUT2D eigenvalue weighted by molar-refractivity contribution is 5.91. The molecule has 0 radical (unpaired) electrons. The van der Waals surface area contributed by atoms with E-state index in [1.165, 1.54) is 0 Å². The maximum absolute atomic E-state index is 12.7. The quantitative estimate of drug-likeness (QED) is 0.886. The highest BCUT2D eigenvalue weighted by atomic mass is 16.5. The number of hydrogen-bond donors (Lipinski definition) is 1. The molecular formula is C18H23N5O3. The van der Waals surface area contributed by atoms with Crippen LogP contribution in [0.1, 0.15) is 41.4 Å². The van der Waals surface area contributed by atoms with Crippen molar-refractivity contribution in [2.75, 3.05) is 13.2 Å². The van der Waals surface area contributed by atoms with Gasteiger partial charge in [-0.1, -0.05) is 0 Å². The molecule has 8 heteroatoms. The Hall–Kier alpha value is -2.48. The molecular weight excluding hydrogens is 334 g/mol. The molecule has 2 aliphatic rings. The van der Waals surface area contributed by atoms with E-state index in [1.807, 2.05) is 23.6 Å². The molecule has 4 rings (SSSR count). The molecule has 0 unspecified atom stereocenters. The zero-order valence-corrected chi connectivity index (χ0v) is 14.9. The second-order valence-corrected chi connectivity index (χ2v) is 6.78. The molecule has 1 N–H and O–H groups in total. The van der Waals surface area contributed by atoms with Crippen molar-refractivity contribution >= 4 is 5.91 Å². The van der Waals surface area contributed by atoms with Crippen LogP contribution in [-0.2, 0) is 17.7 Å². The van der Waals surface area contributed by atoms with Crippen LogP contribution in [0.15, 0.2) is 18.3 Å². The number of hydrogen-bond acceptors (Lipinski definition) is 6. The Labute approximate surface area is 151 Å². The van der Waals surface area contributed by atoms with Gasteiger partial charge in [-0.05, 0) is 38.3 Å². The fourth-order valence-electron chi connectivity index (χ4n) is 3.40. The first kappa shape index (κ1) is 17.0. The van der Waals surface area contributed by atoms with Crippen LogP contribution in [0.2, 0.25) is 0 Å². The normalized spacial score (nSPS) is 22.5. The maximum atomic E-state index is 12.7. The highest BCUT2D eigenvalue weighted by Crippen LogP contribution is 2.19. The van der Waals surface area contributed by atoms with Crippen LogP contribution in [0.3, 0.4) is 0 Å². The molecule has 26 heavy (non-hydrogen) atoms. The van der Waals surface area contributed by atoms with Crippen molar-refractivity contribution in [1.29, 1.82) is 0 Å². The standard InChI is InChI=1S/C18H23N5O3/c1-12-5-6-13(10-19-12)26-15-11-25-9-7-14(15)20-18(24)17-22-21-16-4-2-3-8-23(16)17/h5-6,10,14-15H,2-4,7-9,11H2,1H3,(H,20,24)/t14-,15+/m1/s1. The third-order valence-electron chi connectivity index (χ3n) is 4.85. The topological polar surface area (TPSA) is 91.2 Å². The van der Waals surface area contributed by atoms with E-state index in [2.05, 4.69) is 20.5 Å². The van der Waals surface area contributed by atoms with E-state index in [0.29, 0.717) is 31.2 Å². The number of carbonyl (C=O) groups excluding carboxylic acids is 1. The maximum Gasteiger partial charge on any atom is 0.289 e. The summed E-state index contributed by atoms with van der Waals surface area (Å²) in [6, 6.07) is 3.63. The molecule has 4 heterocycles. The van der Waals surface area contributed by atoms with Crippen LogP contribution in [0.5, 0.6) is 5.75 Å². The van der Waals surface area contributed by atoms with Gasteiger partial charge in [0.1, 0.15) is 17.7 Å². The van der Waals surface area contributed by atoms with E-state index in [1.54, 1.807) is 6.20 Å². The van der Waals surface area contributed by atoms with Crippen molar-refractivity contribution in [3.05, 3.63) is 35.7 Å². The number of carbonyl (C=O) groups is 1. The average molecular weight is 357 g/mol. The molecule has 1 amide bonds. The first-order valence-corrected chi connectivity index (χ1v) is 9.11. The summed E-state index contributed by atoms with van der Waals surface area (Å²) in [6.07, 6.45) is 5.15. The van der Waals surface area contributed by atoms with E-state index in [0.717, 1.165) is 37.3 Å². The Morgan fingerprint density at radius 3 is 3.12 bits per heavy atom. The van der Waals surface area contributed by atoms with Crippen molar-refractivity contribution < 1.29 is 14.3 Å². The van der Waals surface area contributed by atoms with Crippen molar-refractivity contribution in [3.8, 4) is 5.75 Å². The Balaban J connectivity index is 1.45. The lowest BCUT2D eigenvalue weighted by molar-refractivity contribution is -0.0137. The predicted octanol–water partition coefficient (Wildman–Crippen LogP) is 1.28.